The summed E-state index contributed by atoms with van der Waals surface area (Å²) in [5.74, 6) is 0. The zero-order valence-corrected chi connectivity index (χ0v) is 13.7. The summed E-state index contributed by atoms with van der Waals surface area (Å²) in [4.78, 5) is 0. The van der Waals surface area contributed by atoms with Crippen molar-refractivity contribution in [1.82, 2.24) is 0 Å². The van der Waals surface area contributed by atoms with Crippen LogP contribution in [0.25, 0.3) is 0 Å². The van der Waals surface area contributed by atoms with Crippen molar-refractivity contribution < 1.29 is 5.11 Å². The molecule has 0 saturated heterocycles. The molecule has 0 aliphatic heterocycles. The highest BCUT2D eigenvalue weighted by Gasteiger charge is 2.57. The van der Waals surface area contributed by atoms with E-state index in [1.807, 2.05) is 0 Å². The average Bonchev–Trinajstić information content (AvgIpc) is 2.36. The molecule has 20 heavy (non-hydrogen) atoms. The van der Waals surface area contributed by atoms with Gasteiger partial charge in [-0.25, -0.2) is 0 Å². The summed E-state index contributed by atoms with van der Waals surface area (Å²) in [7, 11) is 0. The second-order valence-electron chi connectivity index (χ2n) is 8.79. The Balaban J connectivity index is 2.35. The van der Waals surface area contributed by atoms with Gasteiger partial charge in [0, 0.05) is 12.0 Å². The lowest BCUT2D eigenvalue weighted by atomic mass is 9.50. The van der Waals surface area contributed by atoms with Crippen LogP contribution in [0.15, 0.2) is 0 Å². The molecule has 2 atom stereocenters. The van der Waals surface area contributed by atoms with Gasteiger partial charge in [-0.3, -0.25) is 0 Å². The van der Waals surface area contributed by atoms with Gasteiger partial charge in [0.2, 0.25) is 0 Å². The molecule has 0 heterocycles. The maximum atomic E-state index is 11.6. The van der Waals surface area contributed by atoms with Crippen molar-refractivity contribution in [3.8, 4) is 0 Å². The summed E-state index contributed by atoms with van der Waals surface area (Å²) in [5.41, 5.74) is 11.7. The number of hydrogen-bond donors (Lipinski definition) is 3. The van der Waals surface area contributed by atoms with Crippen LogP contribution in [0.1, 0.15) is 72.1 Å². The topological polar surface area (TPSA) is 72.3 Å². The van der Waals surface area contributed by atoms with E-state index < -0.39 is 5.60 Å². The third-order valence-electron chi connectivity index (χ3n) is 6.08. The maximum Gasteiger partial charge on any atom is 0.0726 e. The van der Waals surface area contributed by atoms with E-state index in [-0.39, 0.29) is 16.2 Å². The molecular formula is C17H34N2O. The third kappa shape index (κ3) is 2.77. The van der Waals surface area contributed by atoms with Gasteiger partial charge in [0.15, 0.2) is 0 Å². The summed E-state index contributed by atoms with van der Waals surface area (Å²) < 4.78 is 0. The highest BCUT2D eigenvalue weighted by molar-refractivity contribution is 5.09. The minimum absolute atomic E-state index is 0.0378. The van der Waals surface area contributed by atoms with Gasteiger partial charge in [0.1, 0.15) is 0 Å². The predicted octanol–water partition coefficient (Wildman–Crippen LogP) is 2.80. The fourth-order valence-electron chi connectivity index (χ4n) is 5.45. The minimum Gasteiger partial charge on any atom is -0.389 e. The Kier molecular flexibility index (Phi) is 4.27. The van der Waals surface area contributed by atoms with Crippen LogP contribution in [-0.4, -0.2) is 23.8 Å². The van der Waals surface area contributed by atoms with Gasteiger partial charge < -0.3 is 16.6 Å². The zero-order valence-electron chi connectivity index (χ0n) is 13.7. The minimum atomic E-state index is -0.641. The molecule has 2 rings (SSSR count). The normalized spacial score (nSPS) is 40.5. The molecule has 2 aliphatic rings. The smallest absolute Gasteiger partial charge is 0.0726 e. The molecule has 2 saturated carbocycles. The first-order valence-corrected chi connectivity index (χ1v) is 8.33. The average molecular weight is 282 g/mol. The van der Waals surface area contributed by atoms with Crippen molar-refractivity contribution >= 4 is 0 Å². The Morgan fingerprint density at radius 1 is 0.850 bits per heavy atom. The van der Waals surface area contributed by atoms with Gasteiger partial charge in [-0.15, -0.1) is 0 Å². The van der Waals surface area contributed by atoms with Crippen LogP contribution in [-0.2, 0) is 0 Å². The van der Waals surface area contributed by atoms with Gasteiger partial charge in [-0.1, -0.05) is 40.0 Å². The first kappa shape index (κ1) is 16.3. The second-order valence-corrected chi connectivity index (χ2v) is 8.79. The first-order valence-electron chi connectivity index (χ1n) is 8.33. The van der Waals surface area contributed by atoms with E-state index in [4.69, 9.17) is 11.5 Å². The van der Waals surface area contributed by atoms with Crippen LogP contribution in [0.2, 0.25) is 0 Å². The quantitative estimate of drug-likeness (QED) is 0.745. The molecule has 5 N–H and O–H groups in total. The van der Waals surface area contributed by atoms with Gasteiger partial charge >= 0.3 is 0 Å². The standard InChI is InChI=1S/C17H34N2O/c1-14(2)9-15(3,12-18)11-17(20,10-14)16(13-19)7-5-4-6-8-16/h20H,4-13,18-19H2,1-3H3. The fraction of sp³-hybridized carbons (Fsp3) is 1.00. The first-order chi connectivity index (χ1) is 9.20. The third-order valence-corrected chi connectivity index (χ3v) is 6.08. The molecular weight excluding hydrogens is 248 g/mol. The van der Waals surface area contributed by atoms with Crippen LogP contribution in [0.5, 0.6) is 0 Å². The van der Waals surface area contributed by atoms with Gasteiger partial charge in [-0.05, 0) is 49.5 Å². The van der Waals surface area contributed by atoms with Crippen LogP contribution < -0.4 is 11.5 Å². The molecule has 0 aromatic heterocycles. The highest BCUT2D eigenvalue weighted by Crippen LogP contribution is 2.58. The molecule has 3 heteroatoms. The lowest BCUT2D eigenvalue weighted by Crippen LogP contribution is -2.61. The van der Waals surface area contributed by atoms with E-state index >= 15 is 0 Å². The van der Waals surface area contributed by atoms with Crippen LogP contribution in [0.4, 0.5) is 0 Å². The van der Waals surface area contributed by atoms with Crippen molar-refractivity contribution in [3.05, 3.63) is 0 Å². The predicted molar refractivity (Wildman–Crippen MR) is 84.3 cm³/mol. The molecule has 0 bridgehead atoms. The Morgan fingerprint density at radius 2 is 1.45 bits per heavy atom. The van der Waals surface area contributed by atoms with E-state index in [9.17, 15) is 5.11 Å². The van der Waals surface area contributed by atoms with E-state index in [1.54, 1.807) is 0 Å². The molecule has 0 aromatic carbocycles. The van der Waals surface area contributed by atoms with Crippen molar-refractivity contribution in [2.45, 2.75) is 77.7 Å². The van der Waals surface area contributed by atoms with Crippen molar-refractivity contribution in [3.63, 3.8) is 0 Å². The van der Waals surface area contributed by atoms with Crippen molar-refractivity contribution in [2.24, 2.45) is 27.7 Å². The second kappa shape index (κ2) is 5.26. The number of nitrogens with two attached hydrogens (primary N) is 2. The number of aliphatic hydroxyl groups is 1. The van der Waals surface area contributed by atoms with E-state index in [2.05, 4.69) is 20.8 Å². The van der Waals surface area contributed by atoms with E-state index in [1.165, 1.54) is 19.3 Å². The maximum absolute atomic E-state index is 11.6. The van der Waals surface area contributed by atoms with Gasteiger partial charge in [0.05, 0.1) is 5.60 Å². The molecule has 2 aliphatic carbocycles. The van der Waals surface area contributed by atoms with Crippen LogP contribution >= 0.6 is 0 Å². The molecule has 2 fully saturated rings. The van der Waals surface area contributed by atoms with Crippen molar-refractivity contribution in [1.29, 1.82) is 0 Å². The highest BCUT2D eigenvalue weighted by atomic mass is 16.3. The molecule has 0 amide bonds. The molecule has 0 aromatic rings. The number of hydrogen-bond acceptors (Lipinski definition) is 3. The summed E-state index contributed by atoms with van der Waals surface area (Å²) in [6.07, 6.45) is 8.64. The lowest BCUT2D eigenvalue weighted by Gasteiger charge is -2.59. The van der Waals surface area contributed by atoms with Gasteiger partial charge in [0.25, 0.3) is 0 Å². The Labute approximate surface area is 124 Å². The van der Waals surface area contributed by atoms with Crippen LogP contribution in [0.3, 0.4) is 0 Å². The fourth-order valence-corrected chi connectivity index (χ4v) is 5.45. The molecule has 2 unspecified atom stereocenters. The summed E-state index contributed by atoms with van der Waals surface area (Å²) in [6, 6.07) is 0. The van der Waals surface area contributed by atoms with E-state index in [0.717, 1.165) is 32.1 Å². The monoisotopic (exact) mass is 282 g/mol. The molecule has 3 nitrogen and oxygen atoms in total. The summed E-state index contributed by atoms with van der Waals surface area (Å²) in [5, 5.41) is 11.6. The van der Waals surface area contributed by atoms with Gasteiger partial charge in [-0.2, -0.15) is 0 Å². The lowest BCUT2D eigenvalue weighted by molar-refractivity contribution is -0.174. The summed E-state index contributed by atoms with van der Waals surface area (Å²) in [6.45, 7) is 8.06. The molecule has 0 spiro atoms. The summed E-state index contributed by atoms with van der Waals surface area (Å²) >= 11 is 0. The van der Waals surface area contributed by atoms with Crippen LogP contribution in [0, 0.1) is 16.2 Å². The van der Waals surface area contributed by atoms with Crippen molar-refractivity contribution in [2.75, 3.05) is 13.1 Å². The Hall–Kier alpha value is -0.120. The molecule has 118 valence electrons. The zero-order chi connectivity index (χ0) is 15.1. The molecule has 0 radical (unpaired) electrons. The van der Waals surface area contributed by atoms with E-state index in [0.29, 0.717) is 13.1 Å². The Bertz CT molecular complexity index is 349. The Morgan fingerprint density at radius 3 is 1.95 bits per heavy atom. The number of rotatable bonds is 3. The SMILES string of the molecule is CC1(C)CC(C)(CN)CC(O)(C2(CN)CCCCC2)C1. The largest absolute Gasteiger partial charge is 0.389 e.